The van der Waals surface area contributed by atoms with E-state index in [0.29, 0.717) is 0 Å². The van der Waals surface area contributed by atoms with Gasteiger partial charge < -0.3 is 0 Å². The molecule has 0 aromatic carbocycles. The van der Waals surface area contributed by atoms with Gasteiger partial charge in [0.25, 0.3) is 0 Å². The van der Waals surface area contributed by atoms with E-state index < -0.39 is 0 Å². The fourth-order valence-corrected chi connectivity index (χ4v) is 2.42. The molecule has 0 fully saturated rings. The fourth-order valence-electron chi connectivity index (χ4n) is 0.842. The van der Waals surface area contributed by atoms with Crippen LogP contribution in [0.4, 0.5) is 0 Å². The van der Waals surface area contributed by atoms with Crippen LogP contribution in [-0.4, -0.2) is 4.98 Å². The van der Waals surface area contributed by atoms with Gasteiger partial charge >= 0.3 is 0 Å². The Morgan fingerprint density at radius 3 is 3.10 bits per heavy atom. The SMILES string of the molecule is Ic1ccnc2ccsc12. The summed E-state index contributed by atoms with van der Waals surface area (Å²) in [6.45, 7) is 0. The largest absolute Gasteiger partial charge is 0.255 e. The van der Waals surface area contributed by atoms with E-state index in [9.17, 15) is 0 Å². The first kappa shape index (κ1) is 6.54. The Morgan fingerprint density at radius 2 is 2.30 bits per heavy atom. The van der Waals surface area contributed by atoms with E-state index in [-0.39, 0.29) is 0 Å². The molecule has 0 aliphatic carbocycles. The molecule has 0 N–H and O–H groups in total. The van der Waals surface area contributed by atoms with Crippen molar-refractivity contribution in [2.45, 2.75) is 0 Å². The Kier molecular flexibility index (Phi) is 1.61. The Labute approximate surface area is 76.2 Å². The molecule has 2 heterocycles. The van der Waals surface area contributed by atoms with Crippen LogP contribution in [0.1, 0.15) is 0 Å². The molecule has 0 saturated carbocycles. The van der Waals surface area contributed by atoms with E-state index in [0.717, 1.165) is 5.52 Å². The lowest BCUT2D eigenvalue weighted by Gasteiger charge is -1.89. The molecule has 0 radical (unpaired) electrons. The molecule has 1 nitrogen and oxygen atoms in total. The quantitative estimate of drug-likeness (QED) is 0.664. The molecular weight excluding hydrogens is 257 g/mol. The number of fused-ring (bicyclic) bond motifs is 1. The standard InChI is InChI=1S/C7H4INS/c8-5-1-3-9-6-2-4-10-7(5)6/h1-4H. The zero-order valence-electron chi connectivity index (χ0n) is 5.04. The maximum absolute atomic E-state index is 4.21. The van der Waals surface area contributed by atoms with Crippen LogP contribution in [0.3, 0.4) is 0 Å². The zero-order chi connectivity index (χ0) is 6.97. The molecule has 2 rings (SSSR count). The normalized spacial score (nSPS) is 10.5. The Hall–Kier alpha value is -0.160. The summed E-state index contributed by atoms with van der Waals surface area (Å²) in [6.07, 6.45) is 1.84. The van der Waals surface area contributed by atoms with Crippen molar-refractivity contribution in [1.29, 1.82) is 0 Å². The number of thiophene rings is 1. The molecule has 0 aliphatic rings. The molecule has 0 bridgehead atoms. The van der Waals surface area contributed by atoms with E-state index in [1.807, 2.05) is 18.3 Å². The van der Waals surface area contributed by atoms with Crippen molar-refractivity contribution in [3.8, 4) is 0 Å². The van der Waals surface area contributed by atoms with E-state index in [1.165, 1.54) is 8.27 Å². The van der Waals surface area contributed by atoms with Crippen LogP contribution in [0.25, 0.3) is 10.2 Å². The molecular formula is C7H4INS. The number of halogens is 1. The lowest BCUT2D eigenvalue weighted by molar-refractivity contribution is 1.42. The second kappa shape index (κ2) is 2.47. The molecule has 10 heavy (non-hydrogen) atoms. The molecule has 2 aromatic rings. The van der Waals surface area contributed by atoms with Crippen molar-refractivity contribution in [3.63, 3.8) is 0 Å². The van der Waals surface area contributed by atoms with Crippen molar-refractivity contribution in [3.05, 3.63) is 27.3 Å². The molecule has 50 valence electrons. The van der Waals surface area contributed by atoms with Crippen LogP contribution in [0.5, 0.6) is 0 Å². The zero-order valence-corrected chi connectivity index (χ0v) is 8.02. The second-order valence-corrected chi connectivity index (χ2v) is 4.01. The van der Waals surface area contributed by atoms with Crippen LogP contribution >= 0.6 is 33.9 Å². The Morgan fingerprint density at radius 1 is 1.40 bits per heavy atom. The third-order valence-corrected chi connectivity index (χ3v) is 3.50. The molecule has 0 unspecified atom stereocenters. The summed E-state index contributed by atoms with van der Waals surface area (Å²) in [4.78, 5) is 4.21. The van der Waals surface area contributed by atoms with Crippen molar-refractivity contribution >= 4 is 44.1 Å². The number of hydrogen-bond acceptors (Lipinski definition) is 2. The van der Waals surface area contributed by atoms with E-state index in [2.05, 4.69) is 33.0 Å². The lowest BCUT2D eigenvalue weighted by Crippen LogP contribution is -1.73. The summed E-state index contributed by atoms with van der Waals surface area (Å²) in [5.41, 5.74) is 1.11. The van der Waals surface area contributed by atoms with E-state index in [4.69, 9.17) is 0 Å². The third kappa shape index (κ3) is 0.932. The molecule has 0 saturated heterocycles. The van der Waals surface area contributed by atoms with Crippen molar-refractivity contribution < 1.29 is 0 Å². The average Bonchev–Trinajstić information content (AvgIpc) is 2.36. The number of aromatic nitrogens is 1. The van der Waals surface area contributed by atoms with Gasteiger partial charge in [-0.15, -0.1) is 11.3 Å². The van der Waals surface area contributed by atoms with Crippen LogP contribution in [0, 0.1) is 3.57 Å². The molecule has 0 atom stereocenters. The van der Waals surface area contributed by atoms with Crippen molar-refractivity contribution in [1.82, 2.24) is 4.98 Å². The van der Waals surface area contributed by atoms with Gasteiger partial charge in [-0.25, -0.2) is 0 Å². The first-order chi connectivity index (χ1) is 4.88. The van der Waals surface area contributed by atoms with Gasteiger partial charge in [-0.05, 0) is 40.1 Å². The summed E-state index contributed by atoms with van der Waals surface area (Å²) >= 11 is 4.07. The maximum atomic E-state index is 4.21. The second-order valence-electron chi connectivity index (χ2n) is 1.93. The van der Waals surface area contributed by atoms with Crippen molar-refractivity contribution in [2.24, 2.45) is 0 Å². The number of hydrogen-bond donors (Lipinski definition) is 0. The summed E-state index contributed by atoms with van der Waals surface area (Å²) in [5.74, 6) is 0. The van der Waals surface area contributed by atoms with Gasteiger partial charge in [0.1, 0.15) is 0 Å². The Bertz CT molecular complexity index is 355. The fraction of sp³-hybridized carbons (Fsp3) is 0. The van der Waals surface area contributed by atoms with Gasteiger partial charge in [0.15, 0.2) is 0 Å². The van der Waals surface area contributed by atoms with Gasteiger partial charge in [0, 0.05) is 9.77 Å². The molecule has 0 aliphatic heterocycles. The first-order valence-corrected chi connectivity index (χ1v) is 4.81. The topological polar surface area (TPSA) is 12.9 Å². The summed E-state index contributed by atoms with van der Waals surface area (Å²) in [7, 11) is 0. The molecule has 2 aromatic heterocycles. The molecule has 3 heteroatoms. The van der Waals surface area contributed by atoms with Crippen LogP contribution in [0.15, 0.2) is 23.7 Å². The predicted octanol–water partition coefficient (Wildman–Crippen LogP) is 2.90. The first-order valence-electron chi connectivity index (χ1n) is 2.85. The monoisotopic (exact) mass is 261 g/mol. The van der Waals surface area contributed by atoms with Gasteiger partial charge in [0.05, 0.1) is 10.2 Å². The van der Waals surface area contributed by atoms with Gasteiger partial charge in [-0.3, -0.25) is 4.98 Å². The molecule has 0 amide bonds. The van der Waals surface area contributed by atoms with Crippen LogP contribution in [-0.2, 0) is 0 Å². The summed E-state index contributed by atoms with van der Waals surface area (Å²) in [6, 6.07) is 4.07. The highest BCUT2D eigenvalue weighted by molar-refractivity contribution is 14.1. The highest BCUT2D eigenvalue weighted by Gasteiger charge is 1.97. The lowest BCUT2D eigenvalue weighted by atomic mass is 10.4. The van der Waals surface area contributed by atoms with Gasteiger partial charge in [-0.1, -0.05) is 0 Å². The third-order valence-electron chi connectivity index (χ3n) is 1.30. The predicted molar refractivity (Wildman–Crippen MR) is 52.3 cm³/mol. The maximum Gasteiger partial charge on any atom is 0.0820 e. The molecule has 0 spiro atoms. The van der Waals surface area contributed by atoms with Gasteiger partial charge in [0.2, 0.25) is 0 Å². The van der Waals surface area contributed by atoms with Crippen LogP contribution < -0.4 is 0 Å². The minimum Gasteiger partial charge on any atom is -0.255 e. The van der Waals surface area contributed by atoms with E-state index >= 15 is 0 Å². The highest BCUT2D eigenvalue weighted by atomic mass is 127. The van der Waals surface area contributed by atoms with Gasteiger partial charge in [-0.2, -0.15) is 0 Å². The minimum absolute atomic E-state index is 1.11. The Balaban J connectivity index is 2.95. The van der Waals surface area contributed by atoms with E-state index in [1.54, 1.807) is 11.3 Å². The highest BCUT2D eigenvalue weighted by Crippen LogP contribution is 2.23. The number of rotatable bonds is 0. The summed E-state index contributed by atoms with van der Waals surface area (Å²) in [5, 5.41) is 2.07. The average molecular weight is 261 g/mol. The smallest absolute Gasteiger partial charge is 0.0820 e. The number of pyridine rings is 1. The van der Waals surface area contributed by atoms with Crippen LogP contribution in [0.2, 0.25) is 0 Å². The number of nitrogens with zero attached hydrogens (tertiary/aromatic N) is 1. The minimum atomic E-state index is 1.11. The summed E-state index contributed by atoms with van der Waals surface area (Å²) < 4.78 is 2.58. The van der Waals surface area contributed by atoms with Crippen molar-refractivity contribution in [2.75, 3.05) is 0 Å².